The lowest BCUT2D eigenvalue weighted by Crippen LogP contribution is -2.18. The van der Waals surface area contributed by atoms with Crippen LogP contribution in [-0.2, 0) is 11.2 Å². The van der Waals surface area contributed by atoms with Crippen LogP contribution in [0.3, 0.4) is 0 Å². The fraction of sp³-hybridized carbons (Fsp3) is 0.286. The van der Waals surface area contributed by atoms with Crippen molar-refractivity contribution in [1.29, 1.82) is 0 Å². The Labute approximate surface area is 113 Å². The number of hydrogen-bond donors (Lipinski definition) is 2. The molecule has 2 aromatic rings. The molecule has 1 aromatic heterocycles. The monoisotopic (exact) mass is 272 g/mol. The van der Waals surface area contributed by atoms with Crippen LogP contribution in [0.25, 0.3) is 10.9 Å². The Morgan fingerprint density at radius 3 is 2.95 bits per heavy atom. The summed E-state index contributed by atoms with van der Waals surface area (Å²) < 4.78 is 0. The SMILES string of the molecule is O=C1CSc2c(ccc3[nH]c4c(c23)CCCC4=O)N1. The van der Waals surface area contributed by atoms with Gasteiger partial charge in [0.25, 0.3) is 0 Å². The van der Waals surface area contributed by atoms with Gasteiger partial charge < -0.3 is 10.3 Å². The summed E-state index contributed by atoms with van der Waals surface area (Å²) in [6.07, 6.45) is 2.48. The van der Waals surface area contributed by atoms with Crippen LogP contribution in [0.4, 0.5) is 5.69 Å². The molecule has 0 atom stereocenters. The number of amides is 1. The quantitative estimate of drug-likeness (QED) is 0.775. The maximum Gasteiger partial charge on any atom is 0.234 e. The molecule has 1 amide bonds. The predicted octanol–water partition coefficient (Wildman–Crippen LogP) is 2.73. The van der Waals surface area contributed by atoms with Crippen LogP contribution in [0.2, 0.25) is 0 Å². The first-order chi connectivity index (χ1) is 9.24. The highest BCUT2D eigenvalue weighted by atomic mass is 32.2. The van der Waals surface area contributed by atoms with Gasteiger partial charge in [-0.15, -0.1) is 11.8 Å². The first-order valence-corrected chi connectivity index (χ1v) is 7.36. The van der Waals surface area contributed by atoms with E-state index in [9.17, 15) is 9.59 Å². The molecule has 0 radical (unpaired) electrons. The van der Waals surface area contributed by atoms with Gasteiger partial charge in [0.1, 0.15) is 0 Å². The summed E-state index contributed by atoms with van der Waals surface area (Å²) in [7, 11) is 0. The summed E-state index contributed by atoms with van der Waals surface area (Å²) in [5.41, 5.74) is 3.77. The van der Waals surface area contributed by atoms with Crippen LogP contribution >= 0.6 is 11.8 Å². The van der Waals surface area contributed by atoms with Crippen molar-refractivity contribution in [3.05, 3.63) is 23.4 Å². The van der Waals surface area contributed by atoms with E-state index in [2.05, 4.69) is 10.3 Å². The molecule has 0 saturated carbocycles. The van der Waals surface area contributed by atoms with Crippen molar-refractivity contribution in [2.45, 2.75) is 24.2 Å². The normalized spacial score (nSPS) is 18.1. The van der Waals surface area contributed by atoms with E-state index in [0.29, 0.717) is 12.2 Å². The molecular weight excluding hydrogens is 260 g/mol. The average Bonchev–Trinajstić information content (AvgIpc) is 2.79. The number of hydrogen-bond acceptors (Lipinski definition) is 3. The summed E-state index contributed by atoms with van der Waals surface area (Å²) >= 11 is 1.56. The van der Waals surface area contributed by atoms with Crippen molar-refractivity contribution in [3.8, 4) is 0 Å². The van der Waals surface area contributed by atoms with Gasteiger partial charge in [-0.1, -0.05) is 0 Å². The molecule has 1 aliphatic carbocycles. The van der Waals surface area contributed by atoms with E-state index >= 15 is 0 Å². The molecule has 19 heavy (non-hydrogen) atoms. The largest absolute Gasteiger partial charge is 0.352 e. The molecule has 0 fully saturated rings. The van der Waals surface area contributed by atoms with Crippen molar-refractivity contribution in [3.63, 3.8) is 0 Å². The molecule has 4 rings (SSSR count). The smallest absolute Gasteiger partial charge is 0.234 e. The maximum atomic E-state index is 12.0. The van der Waals surface area contributed by atoms with Crippen molar-refractivity contribution in [2.24, 2.45) is 0 Å². The van der Waals surface area contributed by atoms with E-state index in [4.69, 9.17) is 0 Å². The number of Topliss-reactive ketones (excluding diaryl/α,β-unsaturated/α-hetero) is 1. The number of benzene rings is 1. The zero-order chi connectivity index (χ0) is 13.0. The fourth-order valence-corrected chi connectivity index (χ4v) is 3.93. The number of ketones is 1. The Kier molecular flexibility index (Phi) is 2.26. The number of aryl methyl sites for hydroxylation is 1. The van der Waals surface area contributed by atoms with Gasteiger partial charge in [-0.25, -0.2) is 0 Å². The first-order valence-electron chi connectivity index (χ1n) is 6.37. The van der Waals surface area contributed by atoms with Crippen molar-refractivity contribution in [2.75, 3.05) is 11.1 Å². The number of aromatic amines is 1. The number of rotatable bonds is 0. The number of H-pyrrole nitrogens is 1. The van der Waals surface area contributed by atoms with E-state index in [1.165, 1.54) is 0 Å². The van der Waals surface area contributed by atoms with Crippen molar-refractivity contribution < 1.29 is 9.59 Å². The minimum atomic E-state index is 0.0392. The highest BCUT2D eigenvalue weighted by Crippen LogP contribution is 2.41. The summed E-state index contributed by atoms with van der Waals surface area (Å²) in [5, 5.41) is 4.03. The third-order valence-corrected chi connectivity index (χ3v) is 4.87. The average molecular weight is 272 g/mol. The molecule has 2 N–H and O–H groups in total. The summed E-state index contributed by atoms with van der Waals surface area (Å²) in [6, 6.07) is 3.86. The second kappa shape index (κ2) is 3.87. The molecule has 0 unspecified atom stereocenters. The van der Waals surface area contributed by atoms with Gasteiger partial charge >= 0.3 is 0 Å². The summed E-state index contributed by atoms with van der Waals surface area (Å²) in [5.74, 6) is 0.688. The summed E-state index contributed by atoms with van der Waals surface area (Å²) in [6.45, 7) is 0. The second-order valence-electron chi connectivity index (χ2n) is 4.96. The summed E-state index contributed by atoms with van der Waals surface area (Å²) in [4.78, 5) is 27.8. The standard InChI is InChI=1S/C14H12N2O2S/c17-10-3-1-2-7-12-8(16-13(7)10)4-5-9-14(12)19-6-11(18)15-9/h4-5,16H,1-3,6H2,(H,15,18). The Balaban J connectivity index is 2.03. The van der Waals surface area contributed by atoms with E-state index in [1.54, 1.807) is 11.8 Å². The molecule has 96 valence electrons. The van der Waals surface area contributed by atoms with Crippen LogP contribution in [0.1, 0.15) is 28.9 Å². The third kappa shape index (κ3) is 1.54. The van der Waals surface area contributed by atoms with E-state index in [-0.39, 0.29) is 11.7 Å². The second-order valence-corrected chi connectivity index (χ2v) is 5.94. The van der Waals surface area contributed by atoms with E-state index < -0.39 is 0 Å². The zero-order valence-corrected chi connectivity index (χ0v) is 11.0. The molecule has 0 bridgehead atoms. The number of carbonyl (C=O) groups is 2. The van der Waals surface area contributed by atoms with E-state index in [0.717, 1.165) is 45.6 Å². The number of nitrogens with one attached hydrogen (secondary N) is 2. The molecule has 1 aromatic carbocycles. The number of aromatic nitrogens is 1. The lowest BCUT2D eigenvalue weighted by atomic mass is 9.94. The van der Waals surface area contributed by atoms with E-state index in [1.807, 2.05) is 12.1 Å². The Hall–Kier alpha value is -1.75. The molecule has 1 aliphatic heterocycles. The van der Waals surface area contributed by atoms with Gasteiger partial charge in [-0.3, -0.25) is 9.59 Å². The van der Waals surface area contributed by atoms with Crippen LogP contribution < -0.4 is 5.32 Å². The van der Waals surface area contributed by atoms with Crippen molar-refractivity contribution in [1.82, 2.24) is 4.98 Å². The van der Waals surface area contributed by atoms with Gasteiger partial charge in [0.05, 0.1) is 17.1 Å². The highest BCUT2D eigenvalue weighted by Gasteiger charge is 2.26. The lowest BCUT2D eigenvalue weighted by molar-refractivity contribution is -0.113. The number of anilines is 1. The number of fused-ring (bicyclic) bond motifs is 5. The van der Waals surface area contributed by atoms with Crippen LogP contribution in [0.15, 0.2) is 17.0 Å². The molecule has 5 heteroatoms. The van der Waals surface area contributed by atoms with Gasteiger partial charge in [0, 0.05) is 22.2 Å². The Bertz CT molecular complexity index is 733. The first kappa shape index (κ1) is 11.1. The van der Waals surface area contributed by atoms with Gasteiger partial charge in [0.15, 0.2) is 5.78 Å². The molecular formula is C14H12N2O2S. The Morgan fingerprint density at radius 2 is 2.05 bits per heavy atom. The van der Waals surface area contributed by atoms with Crippen LogP contribution in [-0.4, -0.2) is 22.4 Å². The van der Waals surface area contributed by atoms with Gasteiger partial charge in [-0.05, 0) is 30.5 Å². The number of carbonyl (C=O) groups excluding carboxylic acids is 2. The van der Waals surface area contributed by atoms with Gasteiger partial charge in [-0.2, -0.15) is 0 Å². The van der Waals surface area contributed by atoms with Crippen molar-refractivity contribution >= 4 is 40.0 Å². The van der Waals surface area contributed by atoms with Crippen LogP contribution in [0.5, 0.6) is 0 Å². The zero-order valence-electron chi connectivity index (χ0n) is 10.2. The minimum Gasteiger partial charge on any atom is -0.352 e. The fourth-order valence-electron chi connectivity index (χ4n) is 2.93. The lowest BCUT2D eigenvalue weighted by Gasteiger charge is -2.18. The molecule has 4 nitrogen and oxygen atoms in total. The third-order valence-electron chi connectivity index (χ3n) is 3.75. The van der Waals surface area contributed by atoms with Gasteiger partial charge in [0.2, 0.25) is 5.91 Å². The Morgan fingerprint density at radius 1 is 1.16 bits per heavy atom. The maximum absolute atomic E-state index is 12.0. The molecule has 0 spiro atoms. The molecule has 0 saturated heterocycles. The highest BCUT2D eigenvalue weighted by molar-refractivity contribution is 8.00. The topological polar surface area (TPSA) is 62.0 Å². The number of thioether (sulfide) groups is 1. The molecule has 2 heterocycles. The van der Waals surface area contributed by atoms with Crippen LogP contribution in [0, 0.1) is 0 Å². The predicted molar refractivity (Wildman–Crippen MR) is 74.9 cm³/mol. The molecule has 2 aliphatic rings. The minimum absolute atomic E-state index is 0.0392.